The molecule has 0 amide bonds. The second-order valence-electron chi connectivity index (χ2n) is 3.97. The summed E-state index contributed by atoms with van der Waals surface area (Å²) in [5.41, 5.74) is 0. The van der Waals surface area contributed by atoms with Crippen LogP contribution in [0.4, 0.5) is 11.6 Å². The minimum absolute atomic E-state index is 0.373. The van der Waals surface area contributed by atoms with Crippen molar-refractivity contribution in [3.8, 4) is 5.75 Å². The SMILES string of the molecule is CCCC(C)Nc1ncnc(NCC)c1OC. The molecule has 1 rings (SSSR count). The molecule has 0 fully saturated rings. The van der Waals surface area contributed by atoms with Gasteiger partial charge in [0.25, 0.3) is 0 Å². The molecule has 2 N–H and O–H groups in total. The van der Waals surface area contributed by atoms with Gasteiger partial charge in [0.1, 0.15) is 6.33 Å². The van der Waals surface area contributed by atoms with Crippen molar-refractivity contribution in [3.05, 3.63) is 6.33 Å². The molecule has 96 valence electrons. The molecule has 0 saturated carbocycles. The Morgan fingerprint density at radius 3 is 2.59 bits per heavy atom. The lowest BCUT2D eigenvalue weighted by atomic mass is 10.2. The van der Waals surface area contributed by atoms with Gasteiger partial charge in [0.05, 0.1) is 7.11 Å². The number of ether oxygens (including phenoxy) is 1. The molecule has 0 saturated heterocycles. The topological polar surface area (TPSA) is 59.1 Å². The second-order valence-corrected chi connectivity index (χ2v) is 3.97. The molecule has 0 aliphatic heterocycles. The lowest BCUT2D eigenvalue weighted by Gasteiger charge is -2.17. The van der Waals surface area contributed by atoms with Crippen molar-refractivity contribution in [2.45, 2.75) is 39.7 Å². The molecule has 5 heteroatoms. The van der Waals surface area contributed by atoms with E-state index in [1.165, 1.54) is 0 Å². The number of rotatable bonds is 7. The first-order valence-electron chi connectivity index (χ1n) is 6.12. The van der Waals surface area contributed by atoms with Gasteiger partial charge in [-0.25, -0.2) is 9.97 Å². The third-order valence-electron chi connectivity index (χ3n) is 2.46. The molecule has 0 aromatic carbocycles. The Labute approximate surface area is 103 Å². The predicted molar refractivity (Wildman–Crippen MR) is 70.7 cm³/mol. The fourth-order valence-electron chi connectivity index (χ4n) is 1.70. The summed E-state index contributed by atoms with van der Waals surface area (Å²) in [6.07, 6.45) is 3.78. The van der Waals surface area contributed by atoms with Gasteiger partial charge in [-0.05, 0) is 20.3 Å². The smallest absolute Gasteiger partial charge is 0.204 e. The van der Waals surface area contributed by atoms with E-state index in [-0.39, 0.29) is 0 Å². The first kappa shape index (κ1) is 13.5. The Morgan fingerprint density at radius 1 is 1.29 bits per heavy atom. The summed E-state index contributed by atoms with van der Waals surface area (Å²) < 4.78 is 5.36. The highest BCUT2D eigenvalue weighted by molar-refractivity contribution is 5.63. The van der Waals surface area contributed by atoms with Crippen molar-refractivity contribution >= 4 is 11.6 Å². The monoisotopic (exact) mass is 238 g/mol. The molecular formula is C12H22N4O. The lowest BCUT2D eigenvalue weighted by Crippen LogP contribution is -2.17. The van der Waals surface area contributed by atoms with Crippen LogP contribution in [-0.2, 0) is 0 Å². The van der Waals surface area contributed by atoms with Crippen molar-refractivity contribution in [2.75, 3.05) is 24.3 Å². The van der Waals surface area contributed by atoms with E-state index in [0.717, 1.165) is 31.0 Å². The number of aromatic nitrogens is 2. The summed E-state index contributed by atoms with van der Waals surface area (Å²) in [6.45, 7) is 7.13. The normalized spacial score (nSPS) is 12.0. The van der Waals surface area contributed by atoms with Gasteiger partial charge >= 0.3 is 0 Å². The summed E-state index contributed by atoms with van der Waals surface area (Å²) >= 11 is 0. The number of anilines is 2. The van der Waals surface area contributed by atoms with Crippen molar-refractivity contribution in [2.24, 2.45) is 0 Å². The molecule has 1 unspecified atom stereocenters. The van der Waals surface area contributed by atoms with Crippen molar-refractivity contribution in [1.82, 2.24) is 9.97 Å². The Hall–Kier alpha value is -1.52. The number of nitrogens with one attached hydrogen (secondary N) is 2. The van der Waals surface area contributed by atoms with E-state index in [2.05, 4.69) is 34.4 Å². The van der Waals surface area contributed by atoms with Gasteiger partial charge in [0.15, 0.2) is 11.6 Å². The van der Waals surface area contributed by atoms with Crippen LogP contribution in [0.2, 0.25) is 0 Å². The maximum Gasteiger partial charge on any atom is 0.204 e. The van der Waals surface area contributed by atoms with Gasteiger partial charge < -0.3 is 15.4 Å². The first-order chi connectivity index (χ1) is 8.22. The Morgan fingerprint density at radius 2 is 2.00 bits per heavy atom. The van der Waals surface area contributed by atoms with Crippen LogP contribution in [0.5, 0.6) is 5.75 Å². The lowest BCUT2D eigenvalue weighted by molar-refractivity contribution is 0.414. The summed E-state index contributed by atoms with van der Waals surface area (Å²) in [7, 11) is 1.63. The van der Waals surface area contributed by atoms with E-state index >= 15 is 0 Å². The van der Waals surface area contributed by atoms with E-state index in [9.17, 15) is 0 Å². The summed E-state index contributed by atoms with van der Waals surface area (Å²) in [4.78, 5) is 8.39. The van der Waals surface area contributed by atoms with E-state index in [0.29, 0.717) is 11.8 Å². The Balaban J connectivity index is 2.86. The van der Waals surface area contributed by atoms with Crippen LogP contribution in [-0.4, -0.2) is 29.7 Å². The van der Waals surface area contributed by atoms with Gasteiger partial charge in [0.2, 0.25) is 5.75 Å². The van der Waals surface area contributed by atoms with E-state index < -0.39 is 0 Å². The van der Waals surface area contributed by atoms with Crippen LogP contribution in [0.1, 0.15) is 33.6 Å². The maximum atomic E-state index is 5.36. The molecule has 1 heterocycles. The van der Waals surface area contributed by atoms with Crippen molar-refractivity contribution in [1.29, 1.82) is 0 Å². The van der Waals surface area contributed by atoms with Gasteiger partial charge in [-0.2, -0.15) is 0 Å². The molecule has 17 heavy (non-hydrogen) atoms. The van der Waals surface area contributed by atoms with E-state index in [1.807, 2.05) is 6.92 Å². The highest BCUT2D eigenvalue weighted by Gasteiger charge is 2.12. The molecule has 1 aromatic heterocycles. The third kappa shape index (κ3) is 3.76. The number of hydrogen-bond acceptors (Lipinski definition) is 5. The number of nitrogens with zero attached hydrogens (tertiary/aromatic N) is 2. The van der Waals surface area contributed by atoms with Crippen molar-refractivity contribution < 1.29 is 4.74 Å². The minimum Gasteiger partial charge on any atom is -0.490 e. The zero-order chi connectivity index (χ0) is 12.7. The van der Waals surface area contributed by atoms with Crippen molar-refractivity contribution in [3.63, 3.8) is 0 Å². The molecule has 0 aliphatic rings. The standard InChI is InChI=1S/C12H22N4O/c1-5-7-9(3)16-12-10(17-4)11(13-6-2)14-8-15-12/h8-9H,5-7H2,1-4H3,(H2,13,14,15,16). The highest BCUT2D eigenvalue weighted by atomic mass is 16.5. The van der Waals surface area contributed by atoms with Crippen LogP contribution in [0.3, 0.4) is 0 Å². The fraction of sp³-hybridized carbons (Fsp3) is 0.667. The quantitative estimate of drug-likeness (QED) is 0.764. The van der Waals surface area contributed by atoms with Gasteiger partial charge in [-0.15, -0.1) is 0 Å². The molecule has 0 bridgehead atoms. The molecule has 1 atom stereocenters. The molecule has 1 aromatic rings. The predicted octanol–water partition coefficient (Wildman–Crippen LogP) is 2.52. The first-order valence-corrected chi connectivity index (χ1v) is 6.12. The van der Waals surface area contributed by atoms with Crippen LogP contribution >= 0.6 is 0 Å². The van der Waals surface area contributed by atoms with Gasteiger partial charge in [0, 0.05) is 12.6 Å². The third-order valence-corrected chi connectivity index (χ3v) is 2.46. The molecule has 0 spiro atoms. The van der Waals surface area contributed by atoms with E-state index in [4.69, 9.17) is 4.74 Å². The molecule has 5 nitrogen and oxygen atoms in total. The second kappa shape index (κ2) is 6.93. The average molecular weight is 238 g/mol. The molecule has 0 radical (unpaired) electrons. The Bertz CT molecular complexity index is 343. The van der Waals surface area contributed by atoms with Crippen LogP contribution in [0, 0.1) is 0 Å². The van der Waals surface area contributed by atoms with Crippen LogP contribution < -0.4 is 15.4 Å². The summed E-state index contributed by atoms with van der Waals surface area (Å²) in [5, 5.41) is 6.50. The molecular weight excluding hydrogens is 216 g/mol. The van der Waals surface area contributed by atoms with Gasteiger partial charge in [-0.3, -0.25) is 0 Å². The van der Waals surface area contributed by atoms with Crippen LogP contribution in [0.15, 0.2) is 6.33 Å². The number of methoxy groups -OCH3 is 1. The van der Waals surface area contributed by atoms with Crippen LogP contribution in [0.25, 0.3) is 0 Å². The fourth-order valence-corrected chi connectivity index (χ4v) is 1.70. The highest BCUT2D eigenvalue weighted by Crippen LogP contribution is 2.29. The zero-order valence-electron chi connectivity index (χ0n) is 11.1. The molecule has 0 aliphatic carbocycles. The summed E-state index contributed by atoms with van der Waals surface area (Å²) in [6, 6.07) is 0.373. The summed E-state index contributed by atoms with van der Waals surface area (Å²) in [5.74, 6) is 2.16. The van der Waals surface area contributed by atoms with Gasteiger partial charge in [-0.1, -0.05) is 13.3 Å². The zero-order valence-corrected chi connectivity index (χ0v) is 11.1. The number of hydrogen-bond donors (Lipinski definition) is 2. The maximum absolute atomic E-state index is 5.36. The Kier molecular flexibility index (Phi) is 5.52. The van der Waals surface area contributed by atoms with E-state index in [1.54, 1.807) is 13.4 Å². The average Bonchev–Trinajstić information content (AvgIpc) is 2.30. The largest absolute Gasteiger partial charge is 0.490 e. The minimum atomic E-state index is 0.373.